The zero-order valence-corrected chi connectivity index (χ0v) is 18.4. The summed E-state index contributed by atoms with van der Waals surface area (Å²) in [4.78, 5) is 8.59. The van der Waals surface area contributed by atoms with Gasteiger partial charge < -0.3 is 25.8 Å². The third kappa shape index (κ3) is 6.55. The Bertz CT molecular complexity index is 634. The number of aromatic nitrogens is 1. The van der Waals surface area contributed by atoms with Crippen LogP contribution >= 0.6 is 12.4 Å². The third-order valence-corrected chi connectivity index (χ3v) is 5.42. The number of hydrogen-bond acceptors (Lipinski definition) is 6. The first-order valence-corrected chi connectivity index (χ1v) is 10.6. The van der Waals surface area contributed by atoms with Crippen LogP contribution in [0.1, 0.15) is 33.1 Å². The summed E-state index contributed by atoms with van der Waals surface area (Å²) in [7, 11) is 0. The number of rotatable bonds is 9. The van der Waals surface area contributed by atoms with Crippen molar-refractivity contribution in [2.45, 2.75) is 33.1 Å². The summed E-state index contributed by atoms with van der Waals surface area (Å²) in [6.45, 7) is 11.2. The molecule has 0 saturated carbocycles. The van der Waals surface area contributed by atoms with Gasteiger partial charge in [0.2, 0.25) is 0 Å². The minimum atomic E-state index is -0.624. The van der Waals surface area contributed by atoms with Crippen LogP contribution in [0.3, 0.4) is 0 Å². The van der Waals surface area contributed by atoms with Gasteiger partial charge in [-0.05, 0) is 38.3 Å². The van der Waals surface area contributed by atoms with E-state index in [1.54, 1.807) is 0 Å². The zero-order chi connectivity index (χ0) is 19.9. The fourth-order valence-electron chi connectivity index (χ4n) is 3.71. The van der Waals surface area contributed by atoms with Gasteiger partial charge in [-0.25, -0.2) is 13.8 Å². The van der Waals surface area contributed by atoms with Gasteiger partial charge in [0.1, 0.15) is 5.69 Å². The second-order valence-electron chi connectivity index (χ2n) is 8.11. The molecule has 0 radical (unpaired) electrons. The lowest BCUT2D eigenvalue weighted by molar-refractivity contribution is 0.352. The Hall–Kier alpha value is -1.38. The molecule has 0 bridgehead atoms. The lowest BCUT2D eigenvalue weighted by Crippen LogP contribution is -2.44. The van der Waals surface area contributed by atoms with Crippen molar-refractivity contribution in [3.63, 3.8) is 0 Å². The van der Waals surface area contributed by atoms with Crippen LogP contribution in [0, 0.1) is 17.6 Å². The first kappa shape index (κ1) is 23.9. The lowest BCUT2D eigenvalue weighted by Gasteiger charge is -2.30. The summed E-state index contributed by atoms with van der Waals surface area (Å²) in [5, 5.41) is 9.34. The first-order valence-electron chi connectivity index (χ1n) is 10.6. The molecule has 1 aromatic heterocycles. The Labute approximate surface area is 179 Å². The molecule has 1 aromatic rings. The Balaban J connectivity index is 0.00000300. The van der Waals surface area contributed by atoms with Gasteiger partial charge in [-0.1, -0.05) is 13.8 Å². The van der Waals surface area contributed by atoms with E-state index < -0.39 is 11.6 Å². The van der Waals surface area contributed by atoms with Gasteiger partial charge in [-0.3, -0.25) is 0 Å². The topological polar surface area (TPSA) is 55.5 Å². The summed E-state index contributed by atoms with van der Waals surface area (Å²) in [5.41, 5.74) is -0.0622. The molecule has 9 heteroatoms. The molecule has 2 fully saturated rings. The number of likely N-dealkylation sites (tertiary alicyclic amines) is 1. The van der Waals surface area contributed by atoms with Crippen LogP contribution in [0.4, 0.5) is 26.1 Å². The number of nitrogens with one attached hydrogen (secondary N) is 3. The van der Waals surface area contributed by atoms with E-state index in [-0.39, 0.29) is 29.7 Å². The standard InChI is InChI=1S/C20H34F2N6.ClH/c1-15(2)5-6-24-18-16(21)19(25-9-12-27-10-3-4-11-27)26-20(17(18)22)28-13-7-23-8-14-28;/h15,23H,3-14H2,1-2H3,(H2,24,25,26);1H. The van der Waals surface area contributed by atoms with E-state index in [2.05, 4.69) is 39.7 Å². The zero-order valence-electron chi connectivity index (χ0n) is 17.6. The highest BCUT2D eigenvalue weighted by atomic mass is 35.5. The van der Waals surface area contributed by atoms with Crippen molar-refractivity contribution < 1.29 is 8.78 Å². The second kappa shape index (κ2) is 11.7. The molecular weight excluding hydrogens is 398 g/mol. The van der Waals surface area contributed by atoms with Crippen LogP contribution in [0.15, 0.2) is 0 Å². The molecular formula is C20H35ClF2N6. The molecule has 29 heavy (non-hydrogen) atoms. The van der Waals surface area contributed by atoms with Crippen molar-refractivity contribution in [2.75, 3.05) is 74.4 Å². The lowest BCUT2D eigenvalue weighted by atomic mass is 10.1. The second-order valence-corrected chi connectivity index (χ2v) is 8.11. The summed E-state index contributed by atoms with van der Waals surface area (Å²) in [5.74, 6) is -0.374. The molecule has 2 aliphatic rings. The number of anilines is 3. The first-order chi connectivity index (χ1) is 13.6. The fourth-order valence-corrected chi connectivity index (χ4v) is 3.71. The summed E-state index contributed by atoms with van der Waals surface area (Å²) in [6.07, 6.45) is 3.29. The molecule has 0 amide bonds. The maximum atomic E-state index is 15.1. The number of hydrogen-bond donors (Lipinski definition) is 3. The molecule has 2 saturated heterocycles. The minimum Gasteiger partial charge on any atom is -0.380 e. The molecule has 166 valence electrons. The van der Waals surface area contributed by atoms with E-state index in [0.717, 1.165) is 39.1 Å². The highest BCUT2D eigenvalue weighted by Gasteiger charge is 2.25. The van der Waals surface area contributed by atoms with Crippen LogP contribution < -0.4 is 20.9 Å². The number of nitrogens with zero attached hydrogens (tertiary/aromatic N) is 3. The Morgan fingerprint density at radius 3 is 2.34 bits per heavy atom. The average Bonchev–Trinajstić information content (AvgIpc) is 3.20. The van der Waals surface area contributed by atoms with E-state index in [1.165, 1.54) is 12.8 Å². The molecule has 3 heterocycles. The smallest absolute Gasteiger partial charge is 0.191 e. The predicted molar refractivity (Wildman–Crippen MR) is 119 cm³/mol. The third-order valence-electron chi connectivity index (χ3n) is 5.42. The van der Waals surface area contributed by atoms with Gasteiger partial charge in [0.15, 0.2) is 23.3 Å². The van der Waals surface area contributed by atoms with Crippen molar-refractivity contribution in [3.05, 3.63) is 11.6 Å². The Morgan fingerprint density at radius 1 is 1.00 bits per heavy atom. The normalized spacial score (nSPS) is 17.5. The SMILES string of the molecule is CC(C)CCNc1c(F)c(NCCN2CCCC2)nc(N2CCNCC2)c1F.Cl. The Kier molecular flexibility index (Phi) is 9.65. The number of pyridine rings is 1. The molecule has 6 nitrogen and oxygen atoms in total. The van der Waals surface area contributed by atoms with E-state index in [4.69, 9.17) is 0 Å². The van der Waals surface area contributed by atoms with Gasteiger partial charge in [0.05, 0.1) is 0 Å². The monoisotopic (exact) mass is 432 g/mol. The van der Waals surface area contributed by atoms with E-state index in [0.29, 0.717) is 32.1 Å². The van der Waals surface area contributed by atoms with E-state index in [1.807, 2.05) is 4.90 Å². The van der Waals surface area contributed by atoms with E-state index in [9.17, 15) is 0 Å². The van der Waals surface area contributed by atoms with Crippen LogP contribution in [0.2, 0.25) is 0 Å². The van der Waals surface area contributed by atoms with Crippen molar-refractivity contribution >= 4 is 29.7 Å². The molecule has 0 atom stereocenters. The maximum Gasteiger partial charge on any atom is 0.191 e. The highest BCUT2D eigenvalue weighted by Crippen LogP contribution is 2.31. The molecule has 3 N–H and O–H groups in total. The highest BCUT2D eigenvalue weighted by molar-refractivity contribution is 5.85. The predicted octanol–water partition coefficient (Wildman–Crippen LogP) is 3.16. The summed E-state index contributed by atoms with van der Waals surface area (Å²) in [6, 6.07) is 0. The van der Waals surface area contributed by atoms with Crippen molar-refractivity contribution in [3.8, 4) is 0 Å². The molecule has 0 unspecified atom stereocenters. The molecule has 2 aliphatic heterocycles. The largest absolute Gasteiger partial charge is 0.380 e. The maximum absolute atomic E-state index is 15.1. The van der Waals surface area contributed by atoms with Crippen molar-refractivity contribution in [1.82, 2.24) is 15.2 Å². The van der Waals surface area contributed by atoms with Crippen LogP contribution in [0.25, 0.3) is 0 Å². The van der Waals surface area contributed by atoms with Crippen LogP contribution in [0.5, 0.6) is 0 Å². The fraction of sp³-hybridized carbons (Fsp3) is 0.750. The quantitative estimate of drug-likeness (QED) is 0.557. The van der Waals surface area contributed by atoms with Crippen LogP contribution in [-0.4, -0.2) is 68.8 Å². The molecule has 0 aromatic carbocycles. The van der Waals surface area contributed by atoms with Crippen molar-refractivity contribution in [1.29, 1.82) is 0 Å². The minimum absolute atomic E-state index is 0. The molecule has 0 aliphatic carbocycles. The van der Waals surface area contributed by atoms with E-state index >= 15 is 8.78 Å². The summed E-state index contributed by atoms with van der Waals surface area (Å²) >= 11 is 0. The Morgan fingerprint density at radius 2 is 1.69 bits per heavy atom. The molecule has 3 rings (SSSR count). The summed E-state index contributed by atoms with van der Waals surface area (Å²) < 4.78 is 30.2. The van der Waals surface area contributed by atoms with Gasteiger partial charge in [0.25, 0.3) is 0 Å². The van der Waals surface area contributed by atoms with Gasteiger partial charge >= 0.3 is 0 Å². The molecule has 0 spiro atoms. The number of halogens is 3. The van der Waals surface area contributed by atoms with Crippen molar-refractivity contribution in [2.24, 2.45) is 5.92 Å². The number of piperazine rings is 1. The van der Waals surface area contributed by atoms with Gasteiger partial charge in [0, 0.05) is 45.8 Å². The van der Waals surface area contributed by atoms with Gasteiger partial charge in [-0.2, -0.15) is 0 Å². The van der Waals surface area contributed by atoms with Gasteiger partial charge in [-0.15, -0.1) is 12.4 Å². The van der Waals surface area contributed by atoms with Crippen LogP contribution in [-0.2, 0) is 0 Å². The average molecular weight is 433 g/mol.